The van der Waals surface area contributed by atoms with E-state index >= 15 is 0 Å². The van der Waals surface area contributed by atoms with Crippen LogP contribution in [0.1, 0.15) is 219 Å². The summed E-state index contributed by atoms with van der Waals surface area (Å²) in [4.78, 5) is 13.0. The topological polar surface area (TPSA) is 149 Å². The SMILES string of the molecule is CCCCCCCCCCCCCCCCCCCC(=O)N[C@@H](CO[C@@H]1O[C@H](CO)[C@H](O)[C@H](O)[C@H]1O)[C@H](O)CCCCCCCCCCCCCCC. The molecule has 1 fully saturated rings. The molecule has 0 aromatic heterocycles. The van der Waals surface area contributed by atoms with Crippen LogP contribution < -0.4 is 5.32 Å². The zero-order chi connectivity index (χ0) is 38.8. The molecule has 0 aliphatic carbocycles. The molecule has 1 amide bonds. The van der Waals surface area contributed by atoms with Crippen LogP contribution in [0.2, 0.25) is 0 Å². The van der Waals surface area contributed by atoms with E-state index in [-0.39, 0.29) is 12.5 Å². The fourth-order valence-electron chi connectivity index (χ4n) is 7.51. The van der Waals surface area contributed by atoms with Crippen LogP contribution in [0.25, 0.3) is 0 Å². The smallest absolute Gasteiger partial charge is 0.220 e. The molecule has 1 aliphatic rings. The second-order valence-corrected chi connectivity index (χ2v) is 16.2. The maximum absolute atomic E-state index is 13.0. The van der Waals surface area contributed by atoms with Gasteiger partial charge in [-0.3, -0.25) is 4.79 Å². The molecule has 53 heavy (non-hydrogen) atoms. The van der Waals surface area contributed by atoms with Crippen LogP contribution in [0.5, 0.6) is 0 Å². The molecule has 7 atom stereocenters. The van der Waals surface area contributed by atoms with Crippen LogP contribution in [0.15, 0.2) is 0 Å². The van der Waals surface area contributed by atoms with Crippen molar-refractivity contribution in [2.75, 3.05) is 13.2 Å². The largest absolute Gasteiger partial charge is 0.394 e. The zero-order valence-electron chi connectivity index (χ0n) is 34.5. The second-order valence-electron chi connectivity index (χ2n) is 16.2. The van der Waals surface area contributed by atoms with Crippen molar-refractivity contribution in [1.82, 2.24) is 5.32 Å². The van der Waals surface area contributed by atoms with Crippen molar-refractivity contribution >= 4 is 5.91 Å². The highest BCUT2D eigenvalue weighted by Gasteiger charge is 2.44. The summed E-state index contributed by atoms with van der Waals surface area (Å²) in [6, 6.07) is -0.710. The standard InChI is InChI=1S/C44H87NO8/c1-3-5-7-9-11-13-15-17-18-19-20-22-24-26-28-30-32-34-40(48)45-37(36-52-44-43(51)42(50)41(49)39(35-46)53-44)38(47)33-31-29-27-25-23-21-16-14-12-10-8-6-4-2/h37-39,41-44,46-47,49-51H,3-36H2,1-2H3,(H,45,48)/t37-,38+,39+,41-,42-,43+,44+/m0/s1. The third-order valence-electron chi connectivity index (χ3n) is 11.2. The van der Waals surface area contributed by atoms with Crippen LogP contribution in [0.3, 0.4) is 0 Å². The average molecular weight is 758 g/mol. The minimum atomic E-state index is -1.55. The Hall–Kier alpha value is -0.810. The predicted molar refractivity (Wildman–Crippen MR) is 217 cm³/mol. The van der Waals surface area contributed by atoms with Crippen molar-refractivity contribution in [2.45, 2.75) is 262 Å². The third kappa shape index (κ3) is 26.6. The fraction of sp³-hybridized carbons (Fsp3) is 0.977. The van der Waals surface area contributed by atoms with Gasteiger partial charge in [0.2, 0.25) is 5.91 Å². The number of rotatable bonds is 38. The van der Waals surface area contributed by atoms with E-state index in [1.165, 1.54) is 154 Å². The molecule has 1 rings (SSSR count). The summed E-state index contributed by atoms with van der Waals surface area (Å²) in [6.45, 7) is 3.84. The van der Waals surface area contributed by atoms with Gasteiger partial charge in [-0.1, -0.05) is 200 Å². The number of hydrogen-bond acceptors (Lipinski definition) is 8. The number of hydrogen-bond donors (Lipinski definition) is 6. The predicted octanol–water partition coefficient (Wildman–Crippen LogP) is 9.17. The van der Waals surface area contributed by atoms with E-state index in [4.69, 9.17) is 9.47 Å². The molecule has 0 radical (unpaired) electrons. The number of amides is 1. The Morgan fingerprint density at radius 3 is 1.34 bits per heavy atom. The number of aliphatic hydroxyl groups is 5. The van der Waals surface area contributed by atoms with Crippen molar-refractivity contribution < 1.29 is 39.8 Å². The van der Waals surface area contributed by atoms with Crippen molar-refractivity contribution in [3.05, 3.63) is 0 Å². The number of unbranched alkanes of at least 4 members (excludes halogenated alkanes) is 28. The highest BCUT2D eigenvalue weighted by molar-refractivity contribution is 5.76. The van der Waals surface area contributed by atoms with Crippen LogP contribution in [0, 0.1) is 0 Å². The summed E-state index contributed by atoms with van der Waals surface area (Å²) in [6.07, 6.45) is 31.0. The normalized spacial score (nSPS) is 21.5. The number of carbonyl (C=O) groups is 1. The quantitative estimate of drug-likeness (QED) is 0.0342. The van der Waals surface area contributed by atoms with Gasteiger partial charge in [-0.25, -0.2) is 0 Å². The first-order chi connectivity index (χ1) is 25.8. The Balaban J connectivity index is 2.31. The molecule has 9 nitrogen and oxygen atoms in total. The molecule has 0 aromatic rings. The minimum absolute atomic E-state index is 0.132. The first-order valence-electron chi connectivity index (χ1n) is 22.7. The van der Waals surface area contributed by atoms with Gasteiger partial charge in [0.15, 0.2) is 6.29 Å². The molecular weight excluding hydrogens is 670 g/mol. The van der Waals surface area contributed by atoms with Crippen LogP contribution in [-0.2, 0) is 14.3 Å². The Bertz CT molecular complexity index is 801. The van der Waals surface area contributed by atoms with E-state index in [0.29, 0.717) is 12.8 Å². The molecule has 0 saturated carbocycles. The zero-order valence-corrected chi connectivity index (χ0v) is 34.5. The van der Waals surface area contributed by atoms with Crippen molar-refractivity contribution in [3.8, 4) is 0 Å². The number of ether oxygens (including phenoxy) is 2. The molecular formula is C44H87NO8. The molecule has 1 aliphatic heterocycles. The molecule has 0 spiro atoms. The van der Waals surface area contributed by atoms with Crippen LogP contribution in [-0.4, -0.2) is 87.5 Å². The molecule has 9 heteroatoms. The van der Waals surface area contributed by atoms with Gasteiger partial charge in [0.25, 0.3) is 0 Å². The van der Waals surface area contributed by atoms with E-state index < -0.39 is 49.5 Å². The first-order valence-corrected chi connectivity index (χ1v) is 22.7. The number of carbonyl (C=O) groups excluding carboxylic acids is 1. The maximum Gasteiger partial charge on any atom is 0.220 e. The Kier molecular flexibility index (Phi) is 33.7. The summed E-state index contributed by atoms with van der Waals surface area (Å²) in [5, 5.41) is 54.3. The Morgan fingerprint density at radius 2 is 0.943 bits per heavy atom. The van der Waals surface area contributed by atoms with Crippen molar-refractivity contribution in [1.29, 1.82) is 0 Å². The molecule has 1 heterocycles. The number of aliphatic hydroxyl groups excluding tert-OH is 5. The van der Waals surface area contributed by atoms with Gasteiger partial charge in [-0.2, -0.15) is 0 Å². The van der Waals surface area contributed by atoms with E-state index in [1.54, 1.807) is 0 Å². The summed E-state index contributed by atoms with van der Waals surface area (Å²) < 4.78 is 11.2. The van der Waals surface area contributed by atoms with E-state index in [0.717, 1.165) is 38.5 Å². The lowest BCUT2D eigenvalue weighted by Gasteiger charge is -2.40. The lowest BCUT2D eigenvalue weighted by molar-refractivity contribution is -0.302. The van der Waals surface area contributed by atoms with E-state index in [1.807, 2.05) is 0 Å². The lowest BCUT2D eigenvalue weighted by atomic mass is 9.99. The number of nitrogens with one attached hydrogen (secondary N) is 1. The lowest BCUT2D eigenvalue weighted by Crippen LogP contribution is -2.60. The van der Waals surface area contributed by atoms with Gasteiger partial charge >= 0.3 is 0 Å². The molecule has 6 N–H and O–H groups in total. The second kappa shape index (κ2) is 35.6. The summed E-state index contributed by atoms with van der Waals surface area (Å²) in [5.74, 6) is -0.141. The van der Waals surface area contributed by atoms with Crippen molar-refractivity contribution in [3.63, 3.8) is 0 Å². The van der Waals surface area contributed by atoms with Gasteiger partial charge in [-0.15, -0.1) is 0 Å². The molecule has 0 unspecified atom stereocenters. The summed E-state index contributed by atoms with van der Waals surface area (Å²) in [5.41, 5.74) is 0. The summed E-state index contributed by atoms with van der Waals surface area (Å²) >= 11 is 0. The average Bonchev–Trinajstić information content (AvgIpc) is 3.16. The molecule has 1 saturated heterocycles. The van der Waals surface area contributed by atoms with E-state index in [2.05, 4.69) is 19.2 Å². The third-order valence-corrected chi connectivity index (χ3v) is 11.2. The maximum atomic E-state index is 13.0. The van der Waals surface area contributed by atoms with Gasteiger partial charge in [-0.05, 0) is 12.8 Å². The highest BCUT2D eigenvalue weighted by Crippen LogP contribution is 2.23. The van der Waals surface area contributed by atoms with Crippen LogP contribution in [0.4, 0.5) is 0 Å². The summed E-state index contributed by atoms with van der Waals surface area (Å²) in [7, 11) is 0. The van der Waals surface area contributed by atoms with Gasteiger partial charge in [0, 0.05) is 6.42 Å². The van der Waals surface area contributed by atoms with Gasteiger partial charge in [0.05, 0.1) is 25.4 Å². The minimum Gasteiger partial charge on any atom is -0.394 e. The van der Waals surface area contributed by atoms with E-state index in [9.17, 15) is 30.3 Å². The Labute approximate surface area is 325 Å². The first kappa shape index (κ1) is 50.2. The molecule has 316 valence electrons. The monoisotopic (exact) mass is 758 g/mol. The van der Waals surface area contributed by atoms with Gasteiger partial charge in [0.1, 0.15) is 24.4 Å². The highest BCUT2D eigenvalue weighted by atomic mass is 16.7. The van der Waals surface area contributed by atoms with Crippen molar-refractivity contribution in [2.24, 2.45) is 0 Å². The molecule has 0 bridgehead atoms. The molecule has 0 aromatic carbocycles. The fourth-order valence-corrected chi connectivity index (χ4v) is 7.51. The Morgan fingerprint density at radius 1 is 0.566 bits per heavy atom. The van der Waals surface area contributed by atoms with Gasteiger partial charge < -0.3 is 40.3 Å². The van der Waals surface area contributed by atoms with Crippen LogP contribution >= 0.6 is 0 Å².